The second-order valence-corrected chi connectivity index (χ2v) is 8.71. The summed E-state index contributed by atoms with van der Waals surface area (Å²) >= 11 is 5.71. The second-order valence-electron chi connectivity index (χ2n) is 8.32. The molecule has 30 heavy (non-hydrogen) atoms. The Balaban J connectivity index is 1.88. The number of rotatable bonds is 4. The van der Waals surface area contributed by atoms with Gasteiger partial charge in [-0.2, -0.15) is 0 Å². The first kappa shape index (κ1) is 20.6. The number of likely N-dealkylation sites (N-methyl/N-ethyl adjacent to an activating group) is 1. The Morgan fingerprint density at radius 1 is 1.03 bits per heavy atom. The van der Waals surface area contributed by atoms with Crippen LogP contribution in [-0.4, -0.2) is 26.1 Å². The second kappa shape index (κ2) is 7.88. The lowest BCUT2D eigenvalue weighted by molar-refractivity contribution is 0.329. The van der Waals surface area contributed by atoms with Gasteiger partial charge in [-0.15, -0.1) is 0 Å². The van der Waals surface area contributed by atoms with Crippen molar-refractivity contribution in [3.63, 3.8) is 0 Å². The highest BCUT2D eigenvalue weighted by molar-refractivity contribution is 7.80. The first-order chi connectivity index (χ1) is 14.3. The highest BCUT2D eigenvalue weighted by Gasteiger charge is 2.40. The Morgan fingerprint density at radius 3 is 2.33 bits per heavy atom. The average Bonchev–Trinajstić information content (AvgIpc) is 3.18. The Morgan fingerprint density at radius 2 is 1.73 bits per heavy atom. The van der Waals surface area contributed by atoms with Gasteiger partial charge in [-0.3, -0.25) is 4.98 Å². The van der Waals surface area contributed by atoms with E-state index in [9.17, 15) is 0 Å². The minimum Gasteiger partial charge on any atom is -0.352 e. The third kappa shape index (κ3) is 3.31. The predicted octanol–water partition coefficient (Wildman–Crippen LogP) is 5.41. The summed E-state index contributed by atoms with van der Waals surface area (Å²) in [5.41, 5.74) is 10.0. The van der Waals surface area contributed by atoms with Gasteiger partial charge < -0.3 is 14.8 Å². The van der Waals surface area contributed by atoms with Gasteiger partial charge in [-0.25, -0.2) is 0 Å². The maximum Gasteiger partial charge on any atom is 0.170 e. The van der Waals surface area contributed by atoms with E-state index in [2.05, 4.69) is 85.6 Å². The monoisotopic (exact) mass is 418 g/mol. The Labute approximate surface area is 184 Å². The molecule has 0 bridgehead atoms. The minimum absolute atomic E-state index is 0.0350. The fourth-order valence-corrected chi connectivity index (χ4v) is 5.41. The molecule has 0 radical (unpaired) electrons. The van der Waals surface area contributed by atoms with Crippen molar-refractivity contribution in [1.82, 2.24) is 19.8 Å². The van der Waals surface area contributed by atoms with E-state index in [1.807, 2.05) is 18.3 Å². The van der Waals surface area contributed by atoms with Crippen molar-refractivity contribution in [2.75, 3.05) is 6.54 Å². The zero-order valence-corrected chi connectivity index (χ0v) is 19.5. The number of hydrogen-bond donors (Lipinski definition) is 1. The summed E-state index contributed by atoms with van der Waals surface area (Å²) < 4.78 is 2.41. The van der Waals surface area contributed by atoms with E-state index in [-0.39, 0.29) is 12.1 Å². The normalized spacial score (nSPS) is 18.7. The first-order valence-electron chi connectivity index (χ1n) is 10.6. The van der Waals surface area contributed by atoms with Gasteiger partial charge in [0.2, 0.25) is 0 Å². The number of pyridine rings is 1. The van der Waals surface area contributed by atoms with Crippen LogP contribution in [0.15, 0.2) is 42.6 Å². The van der Waals surface area contributed by atoms with Crippen molar-refractivity contribution in [3.05, 3.63) is 81.9 Å². The smallest absolute Gasteiger partial charge is 0.170 e. The quantitative estimate of drug-likeness (QED) is 0.575. The fraction of sp³-hybridized carbons (Fsp3) is 0.360. The summed E-state index contributed by atoms with van der Waals surface area (Å²) in [6.07, 6.45) is 1.86. The van der Waals surface area contributed by atoms with Crippen molar-refractivity contribution < 1.29 is 0 Å². The SMILES string of the molecule is CCN1C(=S)N[C@H](c2ccccn2)[C@H]1c1cc(C)n(-c2c(C)cc(C)cc2C)c1C. The highest BCUT2D eigenvalue weighted by Crippen LogP contribution is 2.41. The molecule has 3 aromatic rings. The maximum absolute atomic E-state index is 5.71. The Hall–Kier alpha value is -2.66. The summed E-state index contributed by atoms with van der Waals surface area (Å²) in [7, 11) is 0. The topological polar surface area (TPSA) is 33.1 Å². The zero-order chi connectivity index (χ0) is 21.6. The van der Waals surface area contributed by atoms with E-state index < -0.39 is 0 Å². The first-order valence-corrected chi connectivity index (χ1v) is 11.0. The predicted molar refractivity (Wildman–Crippen MR) is 127 cm³/mol. The lowest BCUT2D eigenvalue weighted by Crippen LogP contribution is -2.29. The van der Waals surface area contributed by atoms with E-state index in [4.69, 9.17) is 12.2 Å². The maximum atomic E-state index is 5.71. The zero-order valence-electron chi connectivity index (χ0n) is 18.7. The molecule has 2 atom stereocenters. The van der Waals surface area contributed by atoms with Crippen molar-refractivity contribution in [2.24, 2.45) is 0 Å². The van der Waals surface area contributed by atoms with Crippen LogP contribution >= 0.6 is 12.2 Å². The lowest BCUT2D eigenvalue weighted by Gasteiger charge is -2.27. The van der Waals surface area contributed by atoms with Crippen LogP contribution in [0.1, 0.15) is 58.3 Å². The molecule has 1 fully saturated rings. The van der Waals surface area contributed by atoms with Gasteiger partial charge in [0.05, 0.1) is 23.5 Å². The van der Waals surface area contributed by atoms with Crippen molar-refractivity contribution in [3.8, 4) is 5.69 Å². The molecule has 1 aromatic carbocycles. The van der Waals surface area contributed by atoms with Gasteiger partial charge in [-0.05, 0) is 88.6 Å². The number of benzene rings is 1. The van der Waals surface area contributed by atoms with Crippen molar-refractivity contribution in [2.45, 2.75) is 53.6 Å². The van der Waals surface area contributed by atoms with Crippen LogP contribution in [0.25, 0.3) is 5.69 Å². The molecule has 3 heterocycles. The molecule has 1 saturated heterocycles. The van der Waals surface area contributed by atoms with Crippen LogP contribution in [0, 0.1) is 34.6 Å². The van der Waals surface area contributed by atoms with E-state index in [1.165, 1.54) is 39.3 Å². The van der Waals surface area contributed by atoms with E-state index in [0.29, 0.717) is 0 Å². The number of hydrogen-bond acceptors (Lipinski definition) is 2. The van der Waals surface area contributed by atoms with Crippen LogP contribution in [-0.2, 0) is 0 Å². The largest absolute Gasteiger partial charge is 0.352 e. The molecule has 156 valence electrons. The summed E-state index contributed by atoms with van der Waals surface area (Å²) in [6, 6.07) is 13.1. The third-order valence-corrected chi connectivity index (χ3v) is 6.54. The van der Waals surface area contributed by atoms with Crippen LogP contribution in [0.4, 0.5) is 0 Å². The molecule has 0 aliphatic carbocycles. The lowest BCUT2D eigenvalue weighted by atomic mass is 9.96. The number of aromatic nitrogens is 2. The number of thiocarbonyl (C=S) groups is 1. The Bertz CT molecular complexity index is 1080. The minimum atomic E-state index is 0.0350. The average molecular weight is 419 g/mol. The molecule has 0 amide bonds. The summed E-state index contributed by atoms with van der Waals surface area (Å²) in [6.45, 7) is 14.0. The molecule has 4 rings (SSSR count). The van der Waals surface area contributed by atoms with E-state index in [1.54, 1.807) is 0 Å². The molecule has 4 nitrogen and oxygen atoms in total. The van der Waals surface area contributed by atoms with Crippen molar-refractivity contribution in [1.29, 1.82) is 0 Å². The van der Waals surface area contributed by atoms with Gasteiger partial charge in [0, 0.05) is 24.1 Å². The third-order valence-electron chi connectivity index (χ3n) is 6.19. The molecule has 0 spiro atoms. The Kier molecular flexibility index (Phi) is 5.41. The molecule has 0 saturated carbocycles. The number of aryl methyl sites for hydroxylation is 4. The van der Waals surface area contributed by atoms with Crippen LogP contribution in [0.2, 0.25) is 0 Å². The van der Waals surface area contributed by atoms with E-state index >= 15 is 0 Å². The fourth-order valence-electron chi connectivity index (χ4n) is 5.04. The van der Waals surface area contributed by atoms with Gasteiger partial charge in [0.25, 0.3) is 0 Å². The summed E-state index contributed by atoms with van der Waals surface area (Å²) in [4.78, 5) is 6.93. The molecule has 1 aliphatic heterocycles. The van der Waals surface area contributed by atoms with Gasteiger partial charge in [0.15, 0.2) is 5.11 Å². The summed E-state index contributed by atoms with van der Waals surface area (Å²) in [5, 5.41) is 4.33. The summed E-state index contributed by atoms with van der Waals surface area (Å²) in [5.74, 6) is 0. The van der Waals surface area contributed by atoms with Crippen molar-refractivity contribution >= 4 is 17.3 Å². The van der Waals surface area contributed by atoms with Crippen LogP contribution in [0.3, 0.4) is 0 Å². The molecule has 5 heteroatoms. The van der Waals surface area contributed by atoms with Gasteiger partial charge >= 0.3 is 0 Å². The van der Waals surface area contributed by atoms with E-state index in [0.717, 1.165) is 17.4 Å². The molecular formula is C25H30N4S. The molecule has 0 unspecified atom stereocenters. The highest BCUT2D eigenvalue weighted by atomic mass is 32.1. The van der Waals surface area contributed by atoms with Crippen LogP contribution < -0.4 is 5.32 Å². The van der Waals surface area contributed by atoms with Gasteiger partial charge in [0.1, 0.15) is 0 Å². The standard InChI is InChI=1S/C25H30N4S/c1-7-28-24(22(27-25(28)30)21-10-8-9-11-26-21)20-14-18(5)29(19(20)6)23-16(3)12-15(2)13-17(23)4/h8-14,22,24H,7H2,1-6H3,(H,27,30)/t22-,24-/m1/s1. The number of nitrogens with one attached hydrogen (secondary N) is 1. The van der Waals surface area contributed by atoms with Crippen LogP contribution in [0.5, 0.6) is 0 Å². The molecule has 1 N–H and O–H groups in total. The van der Waals surface area contributed by atoms with Gasteiger partial charge in [-0.1, -0.05) is 23.8 Å². The number of nitrogens with zero attached hydrogens (tertiary/aromatic N) is 3. The molecule has 1 aliphatic rings. The molecular weight excluding hydrogens is 388 g/mol. The molecule has 2 aromatic heterocycles.